The van der Waals surface area contributed by atoms with Crippen LogP contribution in [0.1, 0.15) is 37.0 Å². The Morgan fingerprint density at radius 1 is 1.12 bits per heavy atom. The van der Waals surface area contributed by atoms with Crippen LogP contribution in [0.4, 0.5) is 0 Å². The monoisotopic (exact) mass is 219 g/mol. The lowest BCUT2D eigenvalue weighted by Crippen LogP contribution is -2.27. The summed E-state index contributed by atoms with van der Waals surface area (Å²) in [7, 11) is 2.03. The highest BCUT2D eigenvalue weighted by molar-refractivity contribution is 5.29. The van der Waals surface area contributed by atoms with Crippen molar-refractivity contribution in [2.75, 3.05) is 13.6 Å². The van der Waals surface area contributed by atoms with Crippen molar-refractivity contribution in [3.8, 4) is 0 Å². The highest BCUT2D eigenvalue weighted by atomic mass is 14.8. The Morgan fingerprint density at radius 3 is 2.38 bits per heavy atom. The Balaban J connectivity index is 2.57. The maximum Gasteiger partial charge on any atom is -0.0000373 e. The van der Waals surface area contributed by atoms with E-state index in [4.69, 9.17) is 0 Å². The van der Waals surface area contributed by atoms with Gasteiger partial charge in [0.25, 0.3) is 0 Å². The van der Waals surface area contributed by atoms with Gasteiger partial charge in [0.05, 0.1) is 0 Å². The standard InChI is InChI=1S/C15H25N/c1-12-6-7-14(10-13(12)2)8-9-15(3,4)11-16-5/h6-7,10,16H,8-9,11H2,1-5H3. The lowest BCUT2D eigenvalue weighted by molar-refractivity contribution is 0.324. The average Bonchev–Trinajstić information content (AvgIpc) is 2.20. The number of hydrogen-bond acceptors (Lipinski definition) is 1. The molecule has 0 atom stereocenters. The minimum Gasteiger partial charge on any atom is -0.319 e. The Morgan fingerprint density at radius 2 is 1.81 bits per heavy atom. The lowest BCUT2D eigenvalue weighted by Gasteiger charge is -2.24. The van der Waals surface area contributed by atoms with E-state index in [9.17, 15) is 0 Å². The first kappa shape index (κ1) is 13.2. The summed E-state index contributed by atoms with van der Waals surface area (Å²) in [6.07, 6.45) is 2.41. The normalized spacial score (nSPS) is 11.8. The SMILES string of the molecule is CNCC(C)(C)CCc1ccc(C)c(C)c1. The number of hydrogen-bond donors (Lipinski definition) is 1. The number of nitrogens with one attached hydrogen (secondary N) is 1. The maximum absolute atomic E-state index is 3.26. The summed E-state index contributed by atoms with van der Waals surface area (Å²) in [6, 6.07) is 6.82. The van der Waals surface area contributed by atoms with Crippen molar-refractivity contribution >= 4 is 0 Å². The largest absolute Gasteiger partial charge is 0.319 e. The molecule has 0 radical (unpaired) electrons. The molecule has 0 saturated heterocycles. The first-order chi connectivity index (χ1) is 7.44. The van der Waals surface area contributed by atoms with E-state index in [2.05, 4.69) is 51.2 Å². The van der Waals surface area contributed by atoms with Crippen LogP contribution < -0.4 is 5.32 Å². The van der Waals surface area contributed by atoms with Crippen molar-refractivity contribution in [2.45, 2.75) is 40.5 Å². The fourth-order valence-corrected chi connectivity index (χ4v) is 2.01. The molecule has 0 spiro atoms. The molecular formula is C15H25N. The van der Waals surface area contributed by atoms with Crippen molar-refractivity contribution in [1.82, 2.24) is 5.32 Å². The molecule has 0 amide bonds. The molecule has 0 aromatic heterocycles. The molecule has 16 heavy (non-hydrogen) atoms. The smallest absolute Gasteiger partial charge is 0.0000373 e. The van der Waals surface area contributed by atoms with E-state index >= 15 is 0 Å². The molecule has 1 aromatic carbocycles. The van der Waals surface area contributed by atoms with Crippen LogP contribution >= 0.6 is 0 Å². The average molecular weight is 219 g/mol. The molecule has 0 aliphatic heterocycles. The van der Waals surface area contributed by atoms with E-state index < -0.39 is 0 Å². The molecule has 0 heterocycles. The van der Waals surface area contributed by atoms with Gasteiger partial charge in [-0.2, -0.15) is 0 Å². The first-order valence-corrected chi connectivity index (χ1v) is 6.15. The Hall–Kier alpha value is -0.820. The number of benzene rings is 1. The van der Waals surface area contributed by atoms with Crippen LogP contribution in [-0.2, 0) is 6.42 Å². The predicted molar refractivity (Wildman–Crippen MR) is 71.9 cm³/mol. The summed E-state index contributed by atoms with van der Waals surface area (Å²) in [5.74, 6) is 0. The van der Waals surface area contributed by atoms with Gasteiger partial charge in [0.2, 0.25) is 0 Å². The van der Waals surface area contributed by atoms with Crippen molar-refractivity contribution in [3.63, 3.8) is 0 Å². The lowest BCUT2D eigenvalue weighted by atomic mass is 9.86. The molecule has 1 heteroatoms. The van der Waals surface area contributed by atoms with E-state index in [0.29, 0.717) is 5.41 Å². The Kier molecular flexibility index (Phi) is 4.55. The third-order valence-electron chi connectivity index (χ3n) is 3.32. The molecule has 1 aromatic rings. The Bertz CT molecular complexity index is 339. The van der Waals surface area contributed by atoms with E-state index in [1.54, 1.807) is 0 Å². The summed E-state index contributed by atoms with van der Waals surface area (Å²) >= 11 is 0. The van der Waals surface area contributed by atoms with Crippen LogP contribution in [0.25, 0.3) is 0 Å². The maximum atomic E-state index is 3.26. The van der Waals surface area contributed by atoms with Crippen LogP contribution in [0.2, 0.25) is 0 Å². The first-order valence-electron chi connectivity index (χ1n) is 6.15. The van der Waals surface area contributed by atoms with Gasteiger partial charge in [-0.25, -0.2) is 0 Å². The highest BCUT2D eigenvalue weighted by Crippen LogP contribution is 2.22. The molecule has 0 saturated carbocycles. The van der Waals surface area contributed by atoms with Gasteiger partial charge in [-0.15, -0.1) is 0 Å². The summed E-state index contributed by atoms with van der Waals surface area (Å²) in [4.78, 5) is 0. The number of aryl methyl sites for hydroxylation is 3. The van der Waals surface area contributed by atoms with Gasteiger partial charge < -0.3 is 5.32 Å². The molecule has 0 bridgehead atoms. The molecule has 90 valence electrons. The quantitative estimate of drug-likeness (QED) is 0.799. The van der Waals surface area contributed by atoms with E-state index in [0.717, 1.165) is 6.54 Å². The van der Waals surface area contributed by atoms with Gasteiger partial charge in [0, 0.05) is 0 Å². The summed E-state index contributed by atoms with van der Waals surface area (Å²) in [5.41, 5.74) is 4.64. The second-order valence-electron chi connectivity index (χ2n) is 5.61. The van der Waals surface area contributed by atoms with E-state index in [-0.39, 0.29) is 0 Å². The minimum absolute atomic E-state index is 0.382. The fraction of sp³-hybridized carbons (Fsp3) is 0.600. The van der Waals surface area contributed by atoms with Crippen molar-refractivity contribution in [2.24, 2.45) is 5.41 Å². The highest BCUT2D eigenvalue weighted by Gasteiger charge is 2.16. The molecule has 0 unspecified atom stereocenters. The zero-order valence-corrected chi connectivity index (χ0v) is 11.4. The Labute approximate surface area is 100 Å². The van der Waals surface area contributed by atoms with E-state index in [1.807, 2.05) is 7.05 Å². The molecule has 1 nitrogen and oxygen atoms in total. The van der Waals surface area contributed by atoms with Crippen molar-refractivity contribution < 1.29 is 0 Å². The molecule has 1 N–H and O–H groups in total. The minimum atomic E-state index is 0.382. The molecule has 0 fully saturated rings. The van der Waals surface area contributed by atoms with Crippen molar-refractivity contribution in [1.29, 1.82) is 0 Å². The summed E-state index contributed by atoms with van der Waals surface area (Å²) in [5, 5.41) is 3.26. The van der Waals surface area contributed by atoms with Gasteiger partial charge >= 0.3 is 0 Å². The van der Waals surface area contributed by atoms with Crippen LogP contribution in [0.15, 0.2) is 18.2 Å². The topological polar surface area (TPSA) is 12.0 Å². The van der Waals surface area contributed by atoms with Gasteiger partial charge in [0.1, 0.15) is 0 Å². The zero-order chi connectivity index (χ0) is 12.2. The van der Waals surface area contributed by atoms with Gasteiger partial charge in [-0.1, -0.05) is 32.0 Å². The molecule has 1 rings (SSSR count). The summed E-state index contributed by atoms with van der Waals surface area (Å²) < 4.78 is 0. The van der Waals surface area contributed by atoms with Crippen LogP contribution in [0.5, 0.6) is 0 Å². The summed E-state index contributed by atoms with van der Waals surface area (Å²) in [6.45, 7) is 10.1. The third kappa shape index (κ3) is 3.97. The van der Waals surface area contributed by atoms with Gasteiger partial charge in [-0.3, -0.25) is 0 Å². The van der Waals surface area contributed by atoms with E-state index in [1.165, 1.54) is 29.5 Å². The predicted octanol–water partition coefficient (Wildman–Crippen LogP) is 3.48. The van der Waals surface area contributed by atoms with Crippen LogP contribution in [0.3, 0.4) is 0 Å². The molecule has 0 aliphatic carbocycles. The van der Waals surface area contributed by atoms with Crippen molar-refractivity contribution in [3.05, 3.63) is 34.9 Å². The second-order valence-corrected chi connectivity index (χ2v) is 5.61. The van der Waals surface area contributed by atoms with Gasteiger partial charge in [0.15, 0.2) is 0 Å². The van der Waals surface area contributed by atoms with Crippen LogP contribution in [0, 0.1) is 19.3 Å². The number of rotatable bonds is 5. The second kappa shape index (κ2) is 5.49. The van der Waals surface area contributed by atoms with Gasteiger partial charge in [-0.05, 0) is 62.4 Å². The molecular weight excluding hydrogens is 194 g/mol. The van der Waals surface area contributed by atoms with Crippen LogP contribution in [-0.4, -0.2) is 13.6 Å². The fourth-order valence-electron chi connectivity index (χ4n) is 2.01. The molecule has 0 aliphatic rings. The third-order valence-corrected chi connectivity index (χ3v) is 3.32. The zero-order valence-electron chi connectivity index (χ0n) is 11.4.